The minimum absolute atomic E-state index is 0.298. The third kappa shape index (κ3) is 2.24. The molecule has 4 heteroatoms. The summed E-state index contributed by atoms with van der Waals surface area (Å²) in [5.74, 6) is 2.13. The van der Waals surface area contributed by atoms with Crippen molar-refractivity contribution in [2.45, 2.75) is 26.2 Å². The SMILES string of the molecule is C/C1=C\CC(C)c2sccc2N=C1c1ccc2c(c1)OCO2. The topological polar surface area (TPSA) is 30.8 Å². The van der Waals surface area contributed by atoms with Gasteiger partial charge in [0.15, 0.2) is 11.5 Å². The number of fused-ring (bicyclic) bond motifs is 2. The molecule has 0 bridgehead atoms. The molecule has 0 N–H and O–H groups in total. The van der Waals surface area contributed by atoms with Gasteiger partial charge in [-0.15, -0.1) is 11.3 Å². The molecule has 22 heavy (non-hydrogen) atoms. The van der Waals surface area contributed by atoms with Crippen LogP contribution in [0, 0.1) is 0 Å². The molecule has 4 rings (SSSR count). The molecule has 0 aliphatic carbocycles. The summed E-state index contributed by atoms with van der Waals surface area (Å²) in [5, 5.41) is 2.13. The van der Waals surface area contributed by atoms with E-state index in [0.29, 0.717) is 12.7 Å². The van der Waals surface area contributed by atoms with Gasteiger partial charge in [0.2, 0.25) is 6.79 Å². The van der Waals surface area contributed by atoms with Crippen LogP contribution in [0.3, 0.4) is 0 Å². The van der Waals surface area contributed by atoms with Crippen molar-refractivity contribution >= 4 is 22.7 Å². The molecular formula is C18H17NO2S. The molecule has 112 valence electrons. The first-order chi connectivity index (χ1) is 10.7. The summed E-state index contributed by atoms with van der Waals surface area (Å²) in [7, 11) is 0. The maximum absolute atomic E-state index is 5.50. The van der Waals surface area contributed by atoms with E-state index in [0.717, 1.165) is 34.9 Å². The quantitative estimate of drug-likeness (QED) is 0.737. The van der Waals surface area contributed by atoms with Crippen molar-refractivity contribution in [2.24, 2.45) is 4.99 Å². The van der Waals surface area contributed by atoms with E-state index in [1.54, 1.807) is 11.3 Å². The van der Waals surface area contributed by atoms with Crippen molar-refractivity contribution in [1.29, 1.82) is 0 Å². The van der Waals surface area contributed by atoms with Gasteiger partial charge in [-0.2, -0.15) is 0 Å². The molecular weight excluding hydrogens is 294 g/mol. The van der Waals surface area contributed by atoms with Crippen molar-refractivity contribution in [3.63, 3.8) is 0 Å². The summed E-state index contributed by atoms with van der Waals surface area (Å²) in [6, 6.07) is 8.15. The minimum Gasteiger partial charge on any atom is -0.454 e. The lowest BCUT2D eigenvalue weighted by molar-refractivity contribution is 0.174. The average Bonchev–Trinajstić information content (AvgIpc) is 3.16. The van der Waals surface area contributed by atoms with Gasteiger partial charge < -0.3 is 9.47 Å². The van der Waals surface area contributed by atoms with Crippen molar-refractivity contribution in [3.05, 3.63) is 51.7 Å². The second-order valence-electron chi connectivity index (χ2n) is 5.72. The number of ether oxygens (including phenoxy) is 2. The van der Waals surface area contributed by atoms with E-state index < -0.39 is 0 Å². The normalized spacial score (nSPS) is 22.2. The summed E-state index contributed by atoms with van der Waals surface area (Å²) < 4.78 is 10.9. The summed E-state index contributed by atoms with van der Waals surface area (Å²) in [4.78, 5) is 6.31. The van der Waals surface area contributed by atoms with Crippen molar-refractivity contribution in [2.75, 3.05) is 6.79 Å². The van der Waals surface area contributed by atoms with Crippen LogP contribution in [0.4, 0.5) is 5.69 Å². The fourth-order valence-corrected chi connectivity index (χ4v) is 3.78. The van der Waals surface area contributed by atoms with Gasteiger partial charge >= 0.3 is 0 Å². The molecule has 2 aliphatic heterocycles. The van der Waals surface area contributed by atoms with Crippen LogP contribution in [0.2, 0.25) is 0 Å². The molecule has 1 aromatic carbocycles. The second kappa shape index (κ2) is 5.29. The number of nitrogens with zero attached hydrogens (tertiary/aromatic N) is 1. The number of allylic oxidation sites excluding steroid dienone is 2. The van der Waals surface area contributed by atoms with E-state index in [4.69, 9.17) is 14.5 Å². The Kier molecular flexibility index (Phi) is 3.26. The summed E-state index contributed by atoms with van der Waals surface area (Å²) in [6.07, 6.45) is 3.33. The maximum atomic E-state index is 5.50. The molecule has 1 unspecified atom stereocenters. The van der Waals surface area contributed by atoms with Crippen LogP contribution in [0.25, 0.3) is 0 Å². The zero-order valence-electron chi connectivity index (χ0n) is 12.6. The maximum Gasteiger partial charge on any atom is 0.231 e. The van der Waals surface area contributed by atoms with Gasteiger partial charge in [-0.05, 0) is 54.5 Å². The van der Waals surface area contributed by atoms with Gasteiger partial charge in [-0.3, -0.25) is 0 Å². The zero-order chi connectivity index (χ0) is 15.1. The lowest BCUT2D eigenvalue weighted by atomic mass is 9.96. The molecule has 0 saturated heterocycles. The zero-order valence-corrected chi connectivity index (χ0v) is 13.4. The largest absolute Gasteiger partial charge is 0.454 e. The molecule has 0 spiro atoms. The van der Waals surface area contributed by atoms with Gasteiger partial charge in [0.1, 0.15) is 0 Å². The first-order valence-electron chi connectivity index (χ1n) is 7.45. The highest BCUT2D eigenvalue weighted by Crippen LogP contribution is 2.38. The fourth-order valence-electron chi connectivity index (χ4n) is 2.88. The number of hydrogen-bond donors (Lipinski definition) is 0. The van der Waals surface area contributed by atoms with E-state index in [1.165, 1.54) is 10.5 Å². The van der Waals surface area contributed by atoms with Gasteiger partial charge in [0, 0.05) is 10.4 Å². The molecule has 2 aliphatic rings. The van der Waals surface area contributed by atoms with Crippen molar-refractivity contribution in [1.82, 2.24) is 0 Å². The van der Waals surface area contributed by atoms with Gasteiger partial charge in [-0.25, -0.2) is 4.99 Å². The molecule has 1 aromatic heterocycles. The highest BCUT2D eigenvalue weighted by molar-refractivity contribution is 7.10. The lowest BCUT2D eigenvalue weighted by Crippen LogP contribution is -2.05. The Labute approximate surface area is 133 Å². The van der Waals surface area contributed by atoms with E-state index >= 15 is 0 Å². The Morgan fingerprint density at radius 2 is 2.05 bits per heavy atom. The summed E-state index contributed by atoms with van der Waals surface area (Å²) in [5.41, 5.74) is 4.40. The molecule has 0 saturated carbocycles. The van der Waals surface area contributed by atoms with Crippen LogP contribution < -0.4 is 9.47 Å². The lowest BCUT2D eigenvalue weighted by Gasteiger charge is -2.15. The first-order valence-corrected chi connectivity index (χ1v) is 8.33. The Morgan fingerprint density at radius 3 is 2.95 bits per heavy atom. The summed E-state index contributed by atoms with van der Waals surface area (Å²) in [6.45, 7) is 4.69. The Balaban J connectivity index is 1.84. The molecule has 0 amide bonds. The molecule has 2 aromatic rings. The second-order valence-corrected chi connectivity index (χ2v) is 6.67. The first kappa shape index (κ1) is 13.6. The molecule has 3 nitrogen and oxygen atoms in total. The van der Waals surface area contributed by atoms with E-state index in [2.05, 4.69) is 37.4 Å². The van der Waals surface area contributed by atoms with Crippen molar-refractivity contribution < 1.29 is 9.47 Å². The highest BCUT2D eigenvalue weighted by Gasteiger charge is 2.19. The Morgan fingerprint density at radius 1 is 1.18 bits per heavy atom. The average molecular weight is 311 g/mol. The van der Waals surface area contributed by atoms with Crippen LogP contribution in [-0.2, 0) is 0 Å². The van der Waals surface area contributed by atoms with Crippen LogP contribution in [0.5, 0.6) is 11.5 Å². The van der Waals surface area contributed by atoms with Crippen LogP contribution >= 0.6 is 11.3 Å². The monoisotopic (exact) mass is 311 g/mol. The van der Waals surface area contributed by atoms with Crippen LogP contribution in [-0.4, -0.2) is 12.5 Å². The number of aliphatic imine (C=N–C) groups is 1. The molecule has 0 fully saturated rings. The molecule has 1 atom stereocenters. The highest BCUT2D eigenvalue weighted by atomic mass is 32.1. The summed E-state index contributed by atoms with van der Waals surface area (Å²) >= 11 is 1.79. The predicted octanol–water partition coefficient (Wildman–Crippen LogP) is 5.05. The molecule has 3 heterocycles. The smallest absolute Gasteiger partial charge is 0.231 e. The van der Waals surface area contributed by atoms with Crippen LogP contribution in [0.15, 0.2) is 46.3 Å². The van der Waals surface area contributed by atoms with Gasteiger partial charge in [0.05, 0.1) is 11.4 Å². The van der Waals surface area contributed by atoms with Crippen molar-refractivity contribution in [3.8, 4) is 11.5 Å². The molecule has 0 radical (unpaired) electrons. The predicted molar refractivity (Wildman–Crippen MR) is 89.9 cm³/mol. The Hall–Kier alpha value is -2.07. The third-order valence-corrected chi connectivity index (χ3v) is 5.29. The standard InChI is InChI=1S/C18H17NO2S/c1-11-3-4-12(2)18-14(7-8-22-18)19-17(11)13-5-6-15-16(9-13)21-10-20-15/h3,5-9,12H,4,10H2,1-2H3/b11-3+,19-17?. The van der Waals surface area contributed by atoms with Gasteiger partial charge in [0.25, 0.3) is 0 Å². The Bertz CT molecular complexity index is 788. The number of rotatable bonds is 1. The number of thiophene rings is 1. The fraction of sp³-hybridized carbons (Fsp3) is 0.278. The number of benzene rings is 1. The number of hydrogen-bond acceptors (Lipinski definition) is 4. The van der Waals surface area contributed by atoms with Gasteiger partial charge in [-0.1, -0.05) is 13.0 Å². The van der Waals surface area contributed by atoms with Crippen LogP contribution in [0.1, 0.15) is 36.6 Å². The van der Waals surface area contributed by atoms with E-state index in [-0.39, 0.29) is 0 Å². The van der Waals surface area contributed by atoms with E-state index in [9.17, 15) is 0 Å². The van der Waals surface area contributed by atoms with E-state index in [1.807, 2.05) is 12.1 Å². The minimum atomic E-state index is 0.298. The third-order valence-electron chi connectivity index (χ3n) is 4.15.